The van der Waals surface area contributed by atoms with Gasteiger partial charge in [-0.05, 0) is 33.7 Å². The Morgan fingerprint density at radius 3 is 2.38 bits per heavy atom. The largest absolute Gasteiger partial charge is 0.376 e. The zero-order valence-corrected chi connectivity index (χ0v) is 11.1. The molecule has 96 valence electrons. The molecular formula is C13H27NO2. The smallest absolute Gasteiger partial charge is 0.0807 e. The Hall–Kier alpha value is -0.120. The van der Waals surface area contributed by atoms with Crippen molar-refractivity contribution in [3.8, 4) is 0 Å². The summed E-state index contributed by atoms with van der Waals surface area (Å²) < 4.78 is 11.6. The second kappa shape index (κ2) is 7.25. The molecule has 0 heterocycles. The minimum Gasteiger partial charge on any atom is -0.376 e. The van der Waals surface area contributed by atoms with Crippen molar-refractivity contribution < 1.29 is 9.47 Å². The van der Waals surface area contributed by atoms with Crippen LogP contribution >= 0.6 is 0 Å². The molecule has 0 saturated heterocycles. The third-order valence-electron chi connectivity index (χ3n) is 3.21. The highest BCUT2D eigenvalue weighted by atomic mass is 16.5. The van der Waals surface area contributed by atoms with Crippen molar-refractivity contribution in [2.75, 3.05) is 26.8 Å². The lowest BCUT2D eigenvalue weighted by Crippen LogP contribution is -2.44. The lowest BCUT2D eigenvalue weighted by Gasteiger charge is -2.37. The molecule has 1 rings (SSSR count). The molecule has 0 aromatic carbocycles. The van der Waals surface area contributed by atoms with Crippen LogP contribution in [0.25, 0.3) is 0 Å². The quantitative estimate of drug-likeness (QED) is 0.680. The van der Waals surface area contributed by atoms with E-state index < -0.39 is 0 Å². The van der Waals surface area contributed by atoms with Crippen LogP contribution in [0, 0.1) is 0 Å². The van der Waals surface area contributed by atoms with Gasteiger partial charge in [0.15, 0.2) is 0 Å². The Balaban J connectivity index is 2.27. The molecule has 1 saturated carbocycles. The summed E-state index contributed by atoms with van der Waals surface area (Å²) in [7, 11) is 2.00. The predicted molar refractivity (Wildman–Crippen MR) is 66.8 cm³/mol. The van der Waals surface area contributed by atoms with Gasteiger partial charge in [0, 0.05) is 6.54 Å². The Morgan fingerprint density at radius 1 is 1.12 bits per heavy atom. The zero-order chi connectivity index (χ0) is 11.9. The molecule has 3 nitrogen and oxygen atoms in total. The minimum absolute atomic E-state index is 0.0767. The molecule has 16 heavy (non-hydrogen) atoms. The van der Waals surface area contributed by atoms with Gasteiger partial charge in [-0.1, -0.05) is 19.3 Å². The molecule has 1 fully saturated rings. The van der Waals surface area contributed by atoms with E-state index in [1.807, 2.05) is 7.05 Å². The van der Waals surface area contributed by atoms with Gasteiger partial charge in [-0.3, -0.25) is 0 Å². The average Bonchev–Trinajstić information content (AvgIpc) is 2.26. The third-order valence-corrected chi connectivity index (χ3v) is 3.21. The monoisotopic (exact) mass is 229 g/mol. The first-order chi connectivity index (χ1) is 7.68. The second-order valence-corrected chi connectivity index (χ2v) is 5.04. The molecule has 0 atom stereocenters. The Morgan fingerprint density at radius 2 is 1.81 bits per heavy atom. The lowest BCUT2D eigenvalue weighted by molar-refractivity contribution is -0.0907. The fourth-order valence-corrected chi connectivity index (χ4v) is 2.43. The Bertz CT molecular complexity index is 171. The zero-order valence-electron chi connectivity index (χ0n) is 11.1. The van der Waals surface area contributed by atoms with E-state index in [0.29, 0.717) is 12.7 Å². The van der Waals surface area contributed by atoms with E-state index in [9.17, 15) is 0 Å². The van der Waals surface area contributed by atoms with Gasteiger partial charge < -0.3 is 14.8 Å². The van der Waals surface area contributed by atoms with Gasteiger partial charge in [0.25, 0.3) is 0 Å². The maximum Gasteiger partial charge on any atom is 0.0807 e. The molecular weight excluding hydrogens is 202 g/mol. The maximum absolute atomic E-state index is 6.07. The first kappa shape index (κ1) is 13.9. The standard InChI is InChI=1S/C13H27NO2/c1-12(2)15-9-10-16-13(11-14-3)7-5-4-6-8-13/h12,14H,4-11H2,1-3H3. The van der Waals surface area contributed by atoms with Gasteiger partial charge in [0.1, 0.15) is 0 Å². The summed E-state index contributed by atoms with van der Waals surface area (Å²) in [5, 5.41) is 3.26. The first-order valence-corrected chi connectivity index (χ1v) is 6.59. The molecule has 0 bridgehead atoms. The first-order valence-electron chi connectivity index (χ1n) is 6.59. The fraction of sp³-hybridized carbons (Fsp3) is 1.00. The molecule has 3 heteroatoms. The fourth-order valence-electron chi connectivity index (χ4n) is 2.43. The van der Waals surface area contributed by atoms with Crippen molar-refractivity contribution in [1.29, 1.82) is 0 Å². The highest BCUT2D eigenvalue weighted by Crippen LogP contribution is 2.30. The molecule has 0 aliphatic heterocycles. The van der Waals surface area contributed by atoms with Crippen molar-refractivity contribution in [1.82, 2.24) is 5.32 Å². The summed E-state index contributed by atoms with van der Waals surface area (Å²) in [4.78, 5) is 0. The van der Waals surface area contributed by atoms with Gasteiger partial charge in [-0.25, -0.2) is 0 Å². The van der Waals surface area contributed by atoms with Crippen LogP contribution in [0.3, 0.4) is 0 Å². The molecule has 1 aliphatic rings. The van der Waals surface area contributed by atoms with Crippen LogP contribution in [0.15, 0.2) is 0 Å². The van der Waals surface area contributed by atoms with Gasteiger partial charge >= 0.3 is 0 Å². The van der Waals surface area contributed by atoms with Crippen molar-refractivity contribution in [3.05, 3.63) is 0 Å². The van der Waals surface area contributed by atoms with Crippen LogP contribution in [0.4, 0.5) is 0 Å². The average molecular weight is 229 g/mol. The van der Waals surface area contributed by atoms with E-state index in [2.05, 4.69) is 19.2 Å². The number of ether oxygens (including phenoxy) is 2. The topological polar surface area (TPSA) is 30.5 Å². The van der Waals surface area contributed by atoms with Crippen LogP contribution in [0.2, 0.25) is 0 Å². The number of rotatable bonds is 7. The van der Waals surface area contributed by atoms with Crippen LogP contribution < -0.4 is 5.32 Å². The van der Waals surface area contributed by atoms with Gasteiger partial charge in [-0.15, -0.1) is 0 Å². The minimum atomic E-state index is 0.0767. The highest BCUT2D eigenvalue weighted by Gasteiger charge is 2.31. The van der Waals surface area contributed by atoms with Gasteiger partial charge in [-0.2, -0.15) is 0 Å². The number of nitrogens with one attached hydrogen (secondary N) is 1. The molecule has 0 aromatic heterocycles. The van der Waals surface area contributed by atoms with E-state index in [0.717, 1.165) is 13.2 Å². The van der Waals surface area contributed by atoms with E-state index in [1.165, 1.54) is 32.1 Å². The second-order valence-electron chi connectivity index (χ2n) is 5.04. The van der Waals surface area contributed by atoms with Crippen LogP contribution in [0.1, 0.15) is 46.0 Å². The van der Waals surface area contributed by atoms with Crippen molar-refractivity contribution in [3.63, 3.8) is 0 Å². The third kappa shape index (κ3) is 4.81. The van der Waals surface area contributed by atoms with Gasteiger partial charge in [0.2, 0.25) is 0 Å². The predicted octanol–water partition coefficient (Wildman–Crippen LogP) is 2.35. The molecule has 0 radical (unpaired) electrons. The normalized spacial score (nSPS) is 20.2. The van der Waals surface area contributed by atoms with E-state index in [4.69, 9.17) is 9.47 Å². The lowest BCUT2D eigenvalue weighted by atomic mass is 9.84. The van der Waals surface area contributed by atoms with Crippen LogP contribution in [-0.2, 0) is 9.47 Å². The van der Waals surface area contributed by atoms with Crippen LogP contribution in [0.5, 0.6) is 0 Å². The molecule has 0 unspecified atom stereocenters. The molecule has 1 N–H and O–H groups in total. The summed E-state index contributed by atoms with van der Waals surface area (Å²) in [5.74, 6) is 0. The Kier molecular flexibility index (Phi) is 6.32. The molecule has 0 aromatic rings. The van der Waals surface area contributed by atoms with Crippen molar-refractivity contribution in [2.45, 2.75) is 57.7 Å². The molecule has 0 amide bonds. The molecule has 0 spiro atoms. The molecule has 1 aliphatic carbocycles. The van der Waals surface area contributed by atoms with Crippen molar-refractivity contribution in [2.24, 2.45) is 0 Å². The Labute approximate surface area is 99.9 Å². The summed E-state index contributed by atoms with van der Waals surface area (Å²) >= 11 is 0. The van der Waals surface area contributed by atoms with Gasteiger partial charge in [0.05, 0.1) is 24.9 Å². The highest BCUT2D eigenvalue weighted by molar-refractivity contribution is 4.86. The SMILES string of the molecule is CNCC1(OCCOC(C)C)CCCCC1. The summed E-state index contributed by atoms with van der Waals surface area (Å²) in [6.45, 7) is 6.52. The number of likely N-dealkylation sites (N-methyl/N-ethyl adjacent to an activating group) is 1. The number of hydrogen-bond acceptors (Lipinski definition) is 3. The van der Waals surface area contributed by atoms with Crippen molar-refractivity contribution >= 4 is 0 Å². The maximum atomic E-state index is 6.07. The van der Waals surface area contributed by atoms with E-state index >= 15 is 0 Å². The van der Waals surface area contributed by atoms with Crippen LogP contribution in [-0.4, -0.2) is 38.5 Å². The summed E-state index contributed by atoms with van der Waals surface area (Å²) in [6.07, 6.45) is 6.64. The summed E-state index contributed by atoms with van der Waals surface area (Å²) in [5.41, 5.74) is 0.0767. The van der Waals surface area contributed by atoms with E-state index in [-0.39, 0.29) is 5.60 Å². The van der Waals surface area contributed by atoms with E-state index in [1.54, 1.807) is 0 Å². The summed E-state index contributed by atoms with van der Waals surface area (Å²) in [6, 6.07) is 0. The number of hydrogen-bond donors (Lipinski definition) is 1.